The second-order valence-electron chi connectivity index (χ2n) is 3.40. The van der Waals surface area contributed by atoms with Gasteiger partial charge in [0.25, 0.3) is 0 Å². The lowest BCUT2D eigenvalue weighted by molar-refractivity contribution is 1.32. The summed E-state index contributed by atoms with van der Waals surface area (Å²) in [6.45, 7) is 0. The van der Waals surface area contributed by atoms with Crippen LogP contribution in [0, 0.1) is 0 Å². The molecule has 4 nitrogen and oxygen atoms in total. The molecule has 2 aromatic rings. The quantitative estimate of drug-likeness (QED) is 0.781. The number of aromatic nitrogens is 1. The highest BCUT2D eigenvalue weighted by molar-refractivity contribution is 6.43. The summed E-state index contributed by atoms with van der Waals surface area (Å²) in [5.41, 5.74) is 12.3. The highest BCUT2D eigenvalue weighted by atomic mass is 35.5. The molecule has 0 fully saturated rings. The Kier molecular flexibility index (Phi) is 3.26. The Morgan fingerprint density at radius 1 is 1.06 bits per heavy atom. The summed E-state index contributed by atoms with van der Waals surface area (Å²) in [7, 11) is 0. The van der Waals surface area contributed by atoms with Crippen molar-refractivity contribution in [3.05, 3.63) is 40.4 Å². The van der Waals surface area contributed by atoms with Crippen molar-refractivity contribution in [3.8, 4) is 0 Å². The van der Waals surface area contributed by atoms with Gasteiger partial charge in [-0.2, -0.15) is 0 Å². The zero-order chi connectivity index (χ0) is 12.4. The number of hydrogen-bond donors (Lipinski definition) is 3. The molecule has 5 N–H and O–H groups in total. The van der Waals surface area contributed by atoms with Gasteiger partial charge in [-0.25, -0.2) is 4.98 Å². The van der Waals surface area contributed by atoms with Gasteiger partial charge in [-0.1, -0.05) is 29.3 Å². The van der Waals surface area contributed by atoms with Crippen molar-refractivity contribution in [2.75, 3.05) is 16.8 Å². The number of rotatable bonds is 2. The molecule has 1 aromatic carbocycles. The molecular weight excluding hydrogens is 259 g/mol. The third-order valence-corrected chi connectivity index (χ3v) is 2.99. The van der Waals surface area contributed by atoms with Crippen LogP contribution < -0.4 is 16.8 Å². The van der Waals surface area contributed by atoms with Crippen molar-refractivity contribution >= 4 is 46.2 Å². The number of benzene rings is 1. The molecular formula is C11H10Cl2N4. The predicted molar refractivity (Wildman–Crippen MR) is 72.8 cm³/mol. The van der Waals surface area contributed by atoms with Crippen LogP contribution >= 0.6 is 23.2 Å². The summed E-state index contributed by atoms with van der Waals surface area (Å²) < 4.78 is 0. The van der Waals surface area contributed by atoms with Gasteiger partial charge in [0.2, 0.25) is 0 Å². The normalized spacial score (nSPS) is 10.2. The maximum absolute atomic E-state index is 6.04. The Bertz CT molecular complexity index is 557. The SMILES string of the molecule is Nc1ccc(Nc2cccc(Cl)c2Cl)nc1N. The largest absolute Gasteiger partial charge is 0.396 e. The van der Waals surface area contributed by atoms with E-state index in [0.29, 0.717) is 27.2 Å². The molecule has 0 saturated carbocycles. The predicted octanol–water partition coefficient (Wildman–Crippen LogP) is 3.30. The van der Waals surface area contributed by atoms with Gasteiger partial charge < -0.3 is 16.8 Å². The Balaban J connectivity index is 2.31. The maximum Gasteiger partial charge on any atom is 0.149 e. The van der Waals surface area contributed by atoms with Crippen LogP contribution in [0.1, 0.15) is 0 Å². The molecule has 1 aromatic heterocycles. The Hall–Kier alpha value is -1.65. The molecule has 0 radical (unpaired) electrons. The molecule has 0 spiro atoms. The standard InChI is InChI=1S/C11H10Cl2N4/c12-6-2-1-3-8(10(6)13)16-9-5-4-7(14)11(15)17-9/h1-5H,14H2,(H3,15,16,17). The molecule has 2 rings (SSSR count). The summed E-state index contributed by atoms with van der Waals surface area (Å²) >= 11 is 11.9. The lowest BCUT2D eigenvalue weighted by Gasteiger charge is -2.09. The van der Waals surface area contributed by atoms with Gasteiger partial charge in [-0.05, 0) is 24.3 Å². The number of halogens is 2. The first-order chi connectivity index (χ1) is 8.08. The van der Waals surface area contributed by atoms with Gasteiger partial charge >= 0.3 is 0 Å². The minimum Gasteiger partial charge on any atom is -0.396 e. The van der Waals surface area contributed by atoms with Crippen LogP contribution in [-0.2, 0) is 0 Å². The van der Waals surface area contributed by atoms with Crippen molar-refractivity contribution < 1.29 is 0 Å². The third-order valence-electron chi connectivity index (χ3n) is 2.17. The second kappa shape index (κ2) is 4.69. The molecule has 1 heterocycles. The third kappa shape index (κ3) is 2.54. The molecule has 0 aliphatic heterocycles. The molecule has 6 heteroatoms. The fraction of sp³-hybridized carbons (Fsp3) is 0. The average molecular weight is 269 g/mol. The number of hydrogen-bond acceptors (Lipinski definition) is 4. The topological polar surface area (TPSA) is 77.0 Å². The number of nitrogens with two attached hydrogens (primary N) is 2. The number of pyridine rings is 1. The van der Waals surface area contributed by atoms with Crippen LogP contribution in [0.15, 0.2) is 30.3 Å². The van der Waals surface area contributed by atoms with Crippen LogP contribution in [0.25, 0.3) is 0 Å². The molecule has 0 bridgehead atoms. The molecule has 0 aliphatic rings. The maximum atomic E-state index is 6.04. The van der Waals surface area contributed by atoms with Gasteiger partial charge in [0.1, 0.15) is 11.6 Å². The minimum atomic E-state index is 0.271. The molecule has 0 amide bonds. The van der Waals surface area contributed by atoms with Gasteiger partial charge in [-0.15, -0.1) is 0 Å². The molecule has 17 heavy (non-hydrogen) atoms. The van der Waals surface area contributed by atoms with Crippen molar-refractivity contribution in [2.45, 2.75) is 0 Å². The number of anilines is 4. The number of nitrogens with zero attached hydrogens (tertiary/aromatic N) is 1. The van der Waals surface area contributed by atoms with Gasteiger partial charge in [-0.3, -0.25) is 0 Å². The van der Waals surface area contributed by atoms with Crippen molar-refractivity contribution in [3.63, 3.8) is 0 Å². The molecule has 0 saturated heterocycles. The van der Waals surface area contributed by atoms with Gasteiger partial charge in [0.05, 0.1) is 21.4 Å². The van der Waals surface area contributed by atoms with E-state index in [1.807, 2.05) is 0 Å². The fourth-order valence-corrected chi connectivity index (χ4v) is 1.64. The number of nitrogen functional groups attached to an aromatic ring is 2. The number of nitrogens with one attached hydrogen (secondary N) is 1. The highest BCUT2D eigenvalue weighted by Gasteiger charge is 2.05. The van der Waals surface area contributed by atoms with Crippen molar-refractivity contribution in [1.29, 1.82) is 0 Å². The van der Waals surface area contributed by atoms with Crippen LogP contribution in [-0.4, -0.2) is 4.98 Å². The average Bonchev–Trinajstić information content (AvgIpc) is 2.30. The molecule has 0 atom stereocenters. The lowest BCUT2D eigenvalue weighted by atomic mass is 10.3. The van der Waals surface area contributed by atoms with E-state index in [1.54, 1.807) is 30.3 Å². The van der Waals surface area contributed by atoms with Crippen LogP contribution in [0.2, 0.25) is 10.0 Å². The summed E-state index contributed by atoms with van der Waals surface area (Å²) in [6, 6.07) is 8.67. The fourth-order valence-electron chi connectivity index (χ4n) is 1.29. The van der Waals surface area contributed by atoms with E-state index in [-0.39, 0.29) is 5.82 Å². The van der Waals surface area contributed by atoms with Crippen molar-refractivity contribution in [1.82, 2.24) is 4.98 Å². The van der Waals surface area contributed by atoms with Crippen LogP contribution in [0.4, 0.5) is 23.0 Å². The zero-order valence-electron chi connectivity index (χ0n) is 8.74. The monoisotopic (exact) mass is 268 g/mol. The molecule has 0 aliphatic carbocycles. The van der Waals surface area contributed by atoms with E-state index >= 15 is 0 Å². The first-order valence-electron chi connectivity index (χ1n) is 4.81. The van der Waals surface area contributed by atoms with E-state index in [0.717, 1.165) is 0 Å². The first-order valence-corrected chi connectivity index (χ1v) is 5.56. The second-order valence-corrected chi connectivity index (χ2v) is 4.18. The molecule has 0 unspecified atom stereocenters. The molecule has 88 valence electrons. The summed E-state index contributed by atoms with van der Waals surface area (Å²) in [6.07, 6.45) is 0. The Morgan fingerprint density at radius 3 is 2.53 bits per heavy atom. The summed E-state index contributed by atoms with van der Waals surface area (Å²) in [4.78, 5) is 4.08. The smallest absolute Gasteiger partial charge is 0.149 e. The Labute approximate surface area is 109 Å². The summed E-state index contributed by atoms with van der Waals surface area (Å²) in [5.74, 6) is 0.828. The van der Waals surface area contributed by atoms with E-state index in [9.17, 15) is 0 Å². The first kappa shape index (κ1) is 11.8. The minimum absolute atomic E-state index is 0.271. The van der Waals surface area contributed by atoms with Gasteiger partial charge in [0.15, 0.2) is 0 Å². The zero-order valence-corrected chi connectivity index (χ0v) is 10.3. The van der Waals surface area contributed by atoms with E-state index in [2.05, 4.69) is 10.3 Å². The highest BCUT2D eigenvalue weighted by Crippen LogP contribution is 2.31. The van der Waals surface area contributed by atoms with Gasteiger partial charge in [0, 0.05) is 0 Å². The van der Waals surface area contributed by atoms with Crippen LogP contribution in [0.3, 0.4) is 0 Å². The summed E-state index contributed by atoms with van der Waals surface area (Å²) in [5, 5.41) is 3.93. The van der Waals surface area contributed by atoms with Crippen LogP contribution in [0.5, 0.6) is 0 Å². The van der Waals surface area contributed by atoms with E-state index < -0.39 is 0 Å². The lowest BCUT2D eigenvalue weighted by Crippen LogP contribution is -2.01. The van der Waals surface area contributed by atoms with E-state index in [1.165, 1.54) is 0 Å². The van der Waals surface area contributed by atoms with Crippen molar-refractivity contribution in [2.24, 2.45) is 0 Å². The Morgan fingerprint density at radius 2 is 1.82 bits per heavy atom. The van der Waals surface area contributed by atoms with E-state index in [4.69, 9.17) is 34.7 Å².